The van der Waals surface area contributed by atoms with Crippen molar-refractivity contribution in [2.75, 3.05) is 20.8 Å². The van der Waals surface area contributed by atoms with Gasteiger partial charge in [-0.25, -0.2) is 9.78 Å². The lowest BCUT2D eigenvalue weighted by molar-refractivity contribution is -0.272. The highest BCUT2D eigenvalue weighted by atomic mass is 16.6. The minimum atomic E-state index is -2.47. The number of aromatic nitrogens is 1. The second-order valence-corrected chi connectivity index (χ2v) is 8.02. The summed E-state index contributed by atoms with van der Waals surface area (Å²) < 4.78 is 20.6. The Morgan fingerprint density at radius 1 is 1.24 bits per heavy atom. The number of aliphatic hydroxyl groups is 4. The van der Waals surface area contributed by atoms with Gasteiger partial charge in [0.1, 0.15) is 24.1 Å². The highest BCUT2D eigenvalue weighted by Crippen LogP contribution is 2.30. The molecular formula is C23H29NO9. The zero-order chi connectivity index (χ0) is 24.3. The van der Waals surface area contributed by atoms with E-state index in [1.807, 2.05) is 37.3 Å². The number of nitrogens with zero attached hydrogens (tertiary/aromatic N) is 1. The molecule has 1 aliphatic heterocycles. The van der Waals surface area contributed by atoms with Crippen LogP contribution >= 0.6 is 0 Å². The van der Waals surface area contributed by atoms with Gasteiger partial charge in [-0.1, -0.05) is 12.1 Å². The van der Waals surface area contributed by atoms with Gasteiger partial charge < -0.3 is 39.4 Å². The van der Waals surface area contributed by atoms with Crippen molar-refractivity contribution in [1.82, 2.24) is 4.98 Å². The lowest BCUT2D eigenvalue weighted by atomic mass is 9.87. The molecule has 0 saturated carbocycles. The third-order valence-electron chi connectivity index (χ3n) is 5.67. The summed E-state index contributed by atoms with van der Waals surface area (Å²) in [6.07, 6.45) is -6.56. The molecule has 10 nitrogen and oxygen atoms in total. The molecule has 1 saturated heterocycles. The Morgan fingerprint density at radius 2 is 1.91 bits per heavy atom. The predicted molar refractivity (Wildman–Crippen MR) is 115 cm³/mol. The van der Waals surface area contributed by atoms with Crippen molar-refractivity contribution in [3.63, 3.8) is 0 Å². The fourth-order valence-corrected chi connectivity index (χ4v) is 3.75. The summed E-state index contributed by atoms with van der Waals surface area (Å²) >= 11 is 0. The van der Waals surface area contributed by atoms with Crippen molar-refractivity contribution in [3.8, 4) is 11.6 Å². The van der Waals surface area contributed by atoms with Gasteiger partial charge in [0.2, 0.25) is 17.8 Å². The molecule has 4 N–H and O–H groups in total. The van der Waals surface area contributed by atoms with Crippen LogP contribution < -0.4 is 9.47 Å². The molecular weight excluding hydrogens is 434 g/mol. The fourth-order valence-electron chi connectivity index (χ4n) is 3.75. The number of benzene rings is 1. The average molecular weight is 463 g/mol. The van der Waals surface area contributed by atoms with E-state index in [1.165, 1.54) is 0 Å². The first-order chi connectivity index (χ1) is 15.6. The number of carbonyl (C=O) groups is 1. The molecule has 33 heavy (non-hydrogen) atoms. The predicted octanol–water partition coefficient (Wildman–Crippen LogP) is 0.0197. The molecule has 1 unspecified atom stereocenters. The molecule has 2 heterocycles. The van der Waals surface area contributed by atoms with Gasteiger partial charge in [-0.3, -0.25) is 0 Å². The number of aliphatic hydroxyl groups excluding tert-OH is 3. The summed E-state index contributed by atoms with van der Waals surface area (Å²) in [7, 11) is 2.61. The first-order valence-electron chi connectivity index (χ1n) is 10.3. The van der Waals surface area contributed by atoms with Gasteiger partial charge in [0.25, 0.3) is 0 Å². The van der Waals surface area contributed by atoms with Crippen LogP contribution in [0.5, 0.6) is 11.6 Å². The van der Waals surface area contributed by atoms with Crippen molar-refractivity contribution < 1.29 is 44.2 Å². The van der Waals surface area contributed by atoms with Crippen molar-refractivity contribution >= 4 is 5.97 Å². The van der Waals surface area contributed by atoms with E-state index in [0.29, 0.717) is 17.7 Å². The number of aryl methyl sites for hydroxylation is 2. The highest BCUT2D eigenvalue weighted by Gasteiger charge is 2.56. The summed E-state index contributed by atoms with van der Waals surface area (Å²) in [5.41, 5.74) is 0.726. The number of carbonyl (C=O) groups excluding carboxylic acids is 1. The van der Waals surface area contributed by atoms with Gasteiger partial charge in [-0.05, 0) is 43.2 Å². The summed E-state index contributed by atoms with van der Waals surface area (Å²) in [5.74, 6) is -0.311. The molecule has 5 atom stereocenters. The molecule has 0 amide bonds. The fraction of sp³-hybridized carbons (Fsp3) is 0.478. The second-order valence-electron chi connectivity index (χ2n) is 8.02. The number of methoxy groups -OCH3 is 2. The highest BCUT2D eigenvalue weighted by molar-refractivity contribution is 5.80. The molecule has 0 aliphatic carbocycles. The van der Waals surface area contributed by atoms with Gasteiger partial charge in [-0.15, -0.1) is 0 Å². The van der Waals surface area contributed by atoms with E-state index in [4.69, 9.17) is 14.2 Å². The topological polar surface area (TPSA) is 148 Å². The molecule has 0 radical (unpaired) electrons. The zero-order valence-corrected chi connectivity index (χ0v) is 18.9. The summed E-state index contributed by atoms with van der Waals surface area (Å²) in [6.45, 7) is 2.95. The molecule has 1 aromatic carbocycles. The van der Waals surface area contributed by atoms with Crippen molar-refractivity contribution in [1.29, 1.82) is 0 Å². The van der Waals surface area contributed by atoms with E-state index in [1.54, 1.807) is 14.0 Å². The minimum Gasteiger partial charge on any atom is -0.497 e. The van der Waals surface area contributed by atoms with Crippen LogP contribution in [0.1, 0.15) is 22.4 Å². The summed E-state index contributed by atoms with van der Waals surface area (Å²) in [5, 5.41) is 41.7. The van der Waals surface area contributed by atoms with Crippen LogP contribution in [0.3, 0.4) is 0 Å². The smallest absolute Gasteiger partial charge is 0.343 e. The van der Waals surface area contributed by atoms with Gasteiger partial charge in [0.05, 0.1) is 20.8 Å². The molecule has 1 fully saturated rings. The number of hydrogen-bond acceptors (Lipinski definition) is 10. The summed E-state index contributed by atoms with van der Waals surface area (Å²) in [6, 6.07) is 9.34. The quantitative estimate of drug-likeness (QED) is 0.327. The lowest BCUT2D eigenvalue weighted by Crippen LogP contribution is -2.67. The van der Waals surface area contributed by atoms with Crippen LogP contribution in [0.15, 0.2) is 30.3 Å². The summed E-state index contributed by atoms with van der Waals surface area (Å²) in [4.78, 5) is 16.2. The van der Waals surface area contributed by atoms with Crippen LogP contribution in [0.2, 0.25) is 0 Å². The van der Waals surface area contributed by atoms with Crippen LogP contribution in [-0.2, 0) is 20.7 Å². The van der Waals surface area contributed by atoms with Crippen LogP contribution in [0.25, 0.3) is 0 Å². The Morgan fingerprint density at radius 3 is 2.52 bits per heavy atom. The minimum absolute atomic E-state index is 0.134. The Hall–Kier alpha value is -2.76. The number of esters is 1. The first kappa shape index (κ1) is 24.9. The molecule has 1 aliphatic rings. The normalized spacial score (nSPS) is 25.9. The lowest BCUT2D eigenvalue weighted by Gasteiger charge is -2.42. The van der Waals surface area contributed by atoms with Gasteiger partial charge in [0.15, 0.2) is 0 Å². The first-order valence-corrected chi connectivity index (χ1v) is 10.3. The third kappa shape index (κ3) is 5.10. The van der Waals surface area contributed by atoms with Crippen LogP contribution in [0.4, 0.5) is 0 Å². The Bertz CT molecular complexity index is 981. The Kier molecular flexibility index (Phi) is 7.55. The number of ether oxygens (including phenoxy) is 4. The van der Waals surface area contributed by atoms with E-state index in [9.17, 15) is 25.2 Å². The van der Waals surface area contributed by atoms with E-state index in [0.717, 1.165) is 24.0 Å². The number of hydrogen-bond donors (Lipinski definition) is 4. The van der Waals surface area contributed by atoms with Crippen molar-refractivity contribution in [3.05, 3.63) is 52.7 Å². The molecule has 1 aromatic heterocycles. The second kappa shape index (κ2) is 10.0. The molecule has 3 rings (SSSR count). The third-order valence-corrected chi connectivity index (χ3v) is 5.67. The van der Waals surface area contributed by atoms with Crippen molar-refractivity contribution in [2.45, 2.75) is 50.5 Å². The maximum atomic E-state index is 11.8. The van der Waals surface area contributed by atoms with Crippen LogP contribution in [-0.4, -0.2) is 82.4 Å². The Balaban J connectivity index is 1.82. The maximum absolute atomic E-state index is 11.8. The maximum Gasteiger partial charge on any atom is 0.343 e. The SMILES string of the molecule is COC(=O)[C@]1(O)CO[C@H](C(O)Oc2nc(C)cc(C)c2Cc2ccc(OC)cc2)[C@@H](O)[C@@H]1O. The largest absolute Gasteiger partial charge is 0.497 e. The molecule has 0 bridgehead atoms. The van der Waals surface area contributed by atoms with Gasteiger partial charge in [-0.2, -0.15) is 0 Å². The van der Waals surface area contributed by atoms with Gasteiger partial charge in [0, 0.05) is 17.7 Å². The number of pyridine rings is 1. The van der Waals surface area contributed by atoms with Crippen molar-refractivity contribution in [2.24, 2.45) is 0 Å². The molecule has 10 heteroatoms. The monoisotopic (exact) mass is 463 g/mol. The Labute approximate surface area is 191 Å². The van der Waals surface area contributed by atoms with E-state index in [-0.39, 0.29) is 5.88 Å². The molecule has 180 valence electrons. The van der Waals surface area contributed by atoms with Crippen LogP contribution in [0, 0.1) is 13.8 Å². The average Bonchev–Trinajstić information content (AvgIpc) is 2.79. The van der Waals surface area contributed by atoms with E-state index >= 15 is 0 Å². The van der Waals surface area contributed by atoms with E-state index < -0.39 is 42.8 Å². The van der Waals surface area contributed by atoms with E-state index in [2.05, 4.69) is 9.72 Å². The van der Waals surface area contributed by atoms with Gasteiger partial charge >= 0.3 is 5.97 Å². The number of rotatable bonds is 7. The molecule has 2 aromatic rings. The zero-order valence-electron chi connectivity index (χ0n) is 18.9. The molecule has 0 spiro atoms. The standard InChI is InChI=1S/C23H29NO9/c1-12-9-13(2)24-20(16(12)10-14-5-7-15(30-3)8-6-14)33-21(27)18-17(25)19(26)23(29,11-32-18)22(28)31-4/h5-9,17-19,21,25-27,29H,10-11H2,1-4H3/t17-,18+,19+,21?,23+/m1/s1.